The molecule has 33 heavy (non-hydrogen) atoms. The summed E-state index contributed by atoms with van der Waals surface area (Å²) in [6.07, 6.45) is 3.76. The molecule has 2 N–H and O–H groups in total. The first-order valence-electron chi connectivity index (χ1n) is 11.5. The van der Waals surface area contributed by atoms with E-state index in [9.17, 15) is 9.90 Å². The summed E-state index contributed by atoms with van der Waals surface area (Å²) in [5.41, 5.74) is 3.84. The highest BCUT2D eigenvalue weighted by molar-refractivity contribution is 9.10. The van der Waals surface area contributed by atoms with Crippen LogP contribution in [-0.2, 0) is 16.6 Å². The highest BCUT2D eigenvalue weighted by Gasteiger charge is 2.54. The molecule has 3 aromatic carbocycles. The van der Waals surface area contributed by atoms with E-state index in [1.54, 1.807) is 7.11 Å². The van der Waals surface area contributed by atoms with Crippen LogP contribution in [0.15, 0.2) is 77.3 Å². The number of hydrogen-bond donors (Lipinski definition) is 2. The number of benzene rings is 3. The Labute approximate surface area is 203 Å². The van der Waals surface area contributed by atoms with Crippen LogP contribution in [0.5, 0.6) is 5.75 Å². The fourth-order valence-corrected chi connectivity index (χ4v) is 6.46. The molecular weight excluding hydrogens is 478 g/mol. The molecule has 170 valence electrons. The molecule has 3 aromatic rings. The fourth-order valence-electron chi connectivity index (χ4n) is 6.06. The number of ether oxygens (including phenoxy) is 1. The smallest absolute Gasteiger partial charge is 0.329 e. The Kier molecular flexibility index (Phi) is 5.69. The number of fused-ring (bicyclic) bond motifs is 2. The van der Waals surface area contributed by atoms with Crippen molar-refractivity contribution in [1.29, 1.82) is 0 Å². The minimum atomic E-state index is -0.970. The van der Waals surface area contributed by atoms with Gasteiger partial charge in [-0.05, 0) is 85.0 Å². The van der Waals surface area contributed by atoms with E-state index in [-0.39, 0.29) is 5.41 Å². The summed E-state index contributed by atoms with van der Waals surface area (Å²) in [6.45, 7) is 0. The van der Waals surface area contributed by atoms with Gasteiger partial charge in [0.05, 0.1) is 7.11 Å². The highest BCUT2D eigenvalue weighted by atomic mass is 79.9. The Morgan fingerprint density at radius 3 is 2.48 bits per heavy atom. The van der Waals surface area contributed by atoms with Crippen LogP contribution >= 0.6 is 15.9 Å². The number of halogens is 1. The molecule has 5 heteroatoms. The molecule has 0 amide bonds. The third-order valence-corrected chi connectivity index (χ3v) is 8.25. The van der Waals surface area contributed by atoms with Crippen molar-refractivity contribution < 1.29 is 14.6 Å². The second-order valence-electron chi connectivity index (χ2n) is 9.37. The van der Waals surface area contributed by atoms with Gasteiger partial charge in [0.15, 0.2) is 0 Å². The topological polar surface area (TPSA) is 58.6 Å². The molecule has 0 heterocycles. The van der Waals surface area contributed by atoms with Gasteiger partial charge >= 0.3 is 5.97 Å². The minimum Gasteiger partial charge on any atom is -0.497 e. The van der Waals surface area contributed by atoms with Gasteiger partial charge in [-0.2, -0.15) is 0 Å². The van der Waals surface area contributed by atoms with Gasteiger partial charge < -0.3 is 15.2 Å². The van der Waals surface area contributed by atoms with Crippen molar-refractivity contribution in [2.24, 2.45) is 0 Å². The molecule has 0 aliphatic heterocycles. The zero-order chi connectivity index (χ0) is 23.1. The number of anilines is 1. The summed E-state index contributed by atoms with van der Waals surface area (Å²) in [5, 5.41) is 13.7. The molecule has 0 saturated heterocycles. The zero-order valence-corrected chi connectivity index (χ0v) is 20.3. The second kappa shape index (κ2) is 8.53. The van der Waals surface area contributed by atoms with E-state index in [0.717, 1.165) is 35.2 Å². The maximum Gasteiger partial charge on any atom is 0.329 e. The normalized spacial score (nSPS) is 26.1. The van der Waals surface area contributed by atoms with Crippen molar-refractivity contribution in [2.75, 3.05) is 12.4 Å². The number of carboxylic acids is 1. The van der Waals surface area contributed by atoms with E-state index in [1.807, 2.05) is 30.3 Å². The van der Waals surface area contributed by atoms with Crippen LogP contribution in [0.25, 0.3) is 0 Å². The number of carboxylic acid groups (broad SMARTS) is 1. The summed E-state index contributed by atoms with van der Waals surface area (Å²) < 4.78 is 6.45. The van der Waals surface area contributed by atoms with Crippen LogP contribution in [0.2, 0.25) is 0 Å². The largest absolute Gasteiger partial charge is 0.497 e. The van der Waals surface area contributed by atoms with Gasteiger partial charge in [0.1, 0.15) is 11.3 Å². The van der Waals surface area contributed by atoms with Crippen molar-refractivity contribution in [1.82, 2.24) is 0 Å². The molecule has 0 aromatic heterocycles. The first kappa shape index (κ1) is 22.0. The zero-order valence-electron chi connectivity index (χ0n) is 18.7. The summed E-state index contributed by atoms with van der Waals surface area (Å²) >= 11 is 3.50. The van der Waals surface area contributed by atoms with Crippen molar-refractivity contribution in [3.8, 4) is 5.75 Å². The first-order valence-corrected chi connectivity index (χ1v) is 12.2. The van der Waals surface area contributed by atoms with E-state index in [4.69, 9.17) is 4.74 Å². The minimum absolute atomic E-state index is 0.0686. The Hall–Kier alpha value is -2.79. The average Bonchev–Trinajstić information content (AvgIpc) is 3.15. The summed E-state index contributed by atoms with van der Waals surface area (Å²) in [5.74, 6) is 0.398. The summed E-state index contributed by atoms with van der Waals surface area (Å²) in [4.78, 5) is 12.6. The molecule has 1 atom stereocenters. The van der Waals surface area contributed by atoms with Gasteiger partial charge in [0, 0.05) is 15.6 Å². The van der Waals surface area contributed by atoms with Crippen LogP contribution in [0.1, 0.15) is 48.3 Å². The van der Waals surface area contributed by atoms with Gasteiger partial charge in [-0.1, -0.05) is 58.4 Å². The van der Waals surface area contributed by atoms with E-state index in [1.165, 1.54) is 16.7 Å². The van der Waals surface area contributed by atoms with Crippen LogP contribution in [0.4, 0.5) is 5.69 Å². The number of carbonyl (C=O) groups is 1. The summed E-state index contributed by atoms with van der Waals surface area (Å²) in [6, 6.07) is 24.9. The van der Waals surface area contributed by atoms with Gasteiger partial charge in [0.25, 0.3) is 0 Å². The maximum absolute atomic E-state index is 12.6. The third-order valence-electron chi connectivity index (χ3n) is 7.75. The monoisotopic (exact) mass is 505 g/mol. The SMILES string of the molecule is COc1cccc(C2Cc3ccccc3C23CCC(Nc2cccc(Br)c2)(C(=O)O)CC3)c1. The van der Waals surface area contributed by atoms with Crippen molar-refractivity contribution >= 4 is 27.6 Å². The average molecular weight is 506 g/mol. The molecule has 2 aliphatic carbocycles. The van der Waals surface area contributed by atoms with Crippen molar-refractivity contribution in [3.05, 3.63) is 94.0 Å². The number of aliphatic carboxylic acids is 1. The van der Waals surface area contributed by atoms with Crippen molar-refractivity contribution in [3.63, 3.8) is 0 Å². The lowest BCUT2D eigenvalue weighted by Crippen LogP contribution is -2.52. The Morgan fingerprint density at radius 1 is 1.00 bits per heavy atom. The molecule has 0 bridgehead atoms. The van der Waals surface area contributed by atoms with E-state index >= 15 is 0 Å². The lowest BCUT2D eigenvalue weighted by atomic mass is 9.59. The number of rotatable bonds is 5. The number of nitrogens with one attached hydrogen (secondary N) is 1. The lowest BCUT2D eigenvalue weighted by Gasteiger charge is -2.47. The van der Waals surface area contributed by atoms with Gasteiger partial charge in [-0.3, -0.25) is 0 Å². The molecule has 4 nitrogen and oxygen atoms in total. The van der Waals surface area contributed by atoms with E-state index in [2.05, 4.69) is 63.7 Å². The second-order valence-corrected chi connectivity index (χ2v) is 10.3. The van der Waals surface area contributed by atoms with Crippen LogP contribution in [0.3, 0.4) is 0 Å². The van der Waals surface area contributed by atoms with Gasteiger partial charge in [0.2, 0.25) is 0 Å². The van der Waals surface area contributed by atoms with E-state index < -0.39 is 11.5 Å². The Morgan fingerprint density at radius 2 is 1.76 bits per heavy atom. The van der Waals surface area contributed by atoms with Crippen LogP contribution in [0, 0.1) is 0 Å². The third kappa shape index (κ3) is 3.82. The lowest BCUT2D eigenvalue weighted by molar-refractivity contribution is -0.144. The molecule has 1 saturated carbocycles. The molecule has 1 unspecified atom stereocenters. The molecular formula is C28H28BrNO3. The number of methoxy groups -OCH3 is 1. The first-order chi connectivity index (χ1) is 16.0. The fraction of sp³-hybridized carbons (Fsp3) is 0.321. The predicted octanol–water partition coefficient (Wildman–Crippen LogP) is 6.54. The Bertz CT molecular complexity index is 1180. The summed E-state index contributed by atoms with van der Waals surface area (Å²) in [7, 11) is 1.70. The van der Waals surface area contributed by atoms with E-state index in [0.29, 0.717) is 18.8 Å². The number of hydrogen-bond acceptors (Lipinski definition) is 3. The van der Waals surface area contributed by atoms with Crippen molar-refractivity contribution in [2.45, 2.75) is 49.0 Å². The quantitative estimate of drug-likeness (QED) is 0.412. The van der Waals surface area contributed by atoms with Crippen LogP contribution < -0.4 is 10.1 Å². The van der Waals surface area contributed by atoms with Crippen LogP contribution in [-0.4, -0.2) is 23.7 Å². The molecule has 1 fully saturated rings. The Balaban J connectivity index is 1.51. The maximum atomic E-state index is 12.6. The predicted molar refractivity (Wildman–Crippen MR) is 134 cm³/mol. The molecule has 5 rings (SSSR count). The molecule has 1 spiro atoms. The van der Waals surface area contributed by atoms with Gasteiger partial charge in [-0.25, -0.2) is 4.79 Å². The van der Waals surface area contributed by atoms with Gasteiger partial charge in [-0.15, -0.1) is 0 Å². The highest BCUT2D eigenvalue weighted by Crippen LogP contribution is 2.58. The molecule has 2 aliphatic rings. The molecule has 0 radical (unpaired) electrons. The standard InChI is InChI=1S/C28H28BrNO3/c1-33-23-10-4-7-19(16-23)25-17-20-6-2-3-11-24(20)27(25)12-14-28(15-13-27,26(31)32)30-22-9-5-8-21(29)18-22/h2-11,16,18,25,30H,12-15,17H2,1H3,(H,31,32).